The standard InChI is InChI=1S/C16H18BrNO/c1-3-18-16(12-7-5-4-6-8-12)14-10-9-13(17)11-15(14)19-2/h4-11,16,18H,3H2,1-2H3. The molecule has 3 heteroatoms. The number of methoxy groups -OCH3 is 1. The molecule has 0 aromatic heterocycles. The Kier molecular flexibility index (Phi) is 5.00. The Balaban J connectivity index is 2.45. The van der Waals surface area contributed by atoms with Gasteiger partial charge in [-0.15, -0.1) is 0 Å². The topological polar surface area (TPSA) is 21.3 Å². The second kappa shape index (κ2) is 6.73. The maximum absolute atomic E-state index is 5.50. The van der Waals surface area contributed by atoms with Crippen LogP contribution in [-0.2, 0) is 0 Å². The summed E-state index contributed by atoms with van der Waals surface area (Å²) >= 11 is 3.48. The number of rotatable bonds is 5. The molecule has 0 aliphatic heterocycles. The van der Waals surface area contributed by atoms with Gasteiger partial charge < -0.3 is 10.1 Å². The van der Waals surface area contributed by atoms with Crippen LogP contribution in [0.2, 0.25) is 0 Å². The van der Waals surface area contributed by atoms with Gasteiger partial charge in [-0.05, 0) is 24.2 Å². The zero-order valence-electron chi connectivity index (χ0n) is 11.2. The molecule has 1 unspecified atom stereocenters. The van der Waals surface area contributed by atoms with E-state index >= 15 is 0 Å². The third-order valence-corrected chi connectivity index (χ3v) is 3.54. The molecule has 0 fully saturated rings. The van der Waals surface area contributed by atoms with Crippen LogP contribution in [0.4, 0.5) is 0 Å². The Bertz CT molecular complexity index is 528. The summed E-state index contributed by atoms with van der Waals surface area (Å²) in [6.07, 6.45) is 0. The Morgan fingerprint density at radius 3 is 2.53 bits per heavy atom. The van der Waals surface area contributed by atoms with Gasteiger partial charge in [-0.2, -0.15) is 0 Å². The highest BCUT2D eigenvalue weighted by atomic mass is 79.9. The summed E-state index contributed by atoms with van der Waals surface area (Å²) in [5.74, 6) is 0.893. The van der Waals surface area contributed by atoms with Gasteiger partial charge in [0.2, 0.25) is 0 Å². The van der Waals surface area contributed by atoms with E-state index in [2.05, 4.69) is 58.5 Å². The number of nitrogens with one attached hydrogen (secondary N) is 1. The van der Waals surface area contributed by atoms with Gasteiger partial charge in [-0.1, -0.05) is 59.3 Å². The van der Waals surface area contributed by atoms with E-state index in [4.69, 9.17) is 4.74 Å². The number of hydrogen-bond donors (Lipinski definition) is 1. The van der Waals surface area contributed by atoms with Gasteiger partial charge in [0, 0.05) is 10.0 Å². The highest BCUT2D eigenvalue weighted by Gasteiger charge is 2.17. The number of halogens is 1. The molecule has 2 nitrogen and oxygen atoms in total. The summed E-state index contributed by atoms with van der Waals surface area (Å²) < 4.78 is 6.53. The van der Waals surface area contributed by atoms with Crippen molar-refractivity contribution in [1.82, 2.24) is 5.32 Å². The van der Waals surface area contributed by atoms with Crippen LogP contribution in [0.1, 0.15) is 24.1 Å². The Labute approximate surface area is 122 Å². The second-order valence-corrected chi connectivity index (χ2v) is 5.20. The quantitative estimate of drug-likeness (QED) is 0.893. The van der Waals surface area contributed by atoms with Crippen molar-refractivity contribution >= 4 is 15.9 Å². The molecule has 0 spiro atoms. The van der Waals surface area contributed by atoms with E-state index in [1.165, 1.54) is 5.56 Å². The molecular weight excluding hydrogens is 302 g/mol. The molecule has 1 atom stereocenters. The van der Waals surface area contributed by atoms with Crippen molar-refractivity contribution in [2.75, 3.05) is 13.7 Å². The molecule has 0 aliphatic carbocycles. The van der Waals surface area contributed by atoms with Crippen molar-refractivity contribution in [3.63, 3.8) is 0 Å². The lowest BCUT2D eigenvalue weighted by Gasteiger charge is -2.21. The molecule has 0 amide bonds. The van der Waals surface area contributed by atoms with E-state index in [1.54, 1.807) is 7.11 Å². The summed E-state index contributed by atoms with van der Waals surface area (Å²) in [6, 6.07) is 16.7. The fourth-order valence-electron chi connectivity index (χ4n) is 2.18. The summed E-state index contributed by atoms with van der Waals surface area (Å²) in [4.78, 5) is 0. The minimum absolute atomic E-state index is 0.147. The van der Waals surface area contributed by atoms with Gasteiger partial charge in [-0.3, -0.25) is 0 Å². The Morgan fingerprint density at radius 1 is 1.16 bits per heavy atom. The van der Waals surface area contributed by atoms with E-state index in [9.17, 15) is 0 Å². The van der Waals surface area contributed by atoms with Crippen LogP contribution in [0, 0.1) is 0 Å². The molecule has 100 valence electrons. The van der Waals surface area contributed by atoms with E-state index in [0.29, 0.717) is 0 Å². The molecule has 0 bridgehead atoms. The number of hydrogen-bond acceptors (Lipinski definition) is 2. The lowest BCUT2D eigenvalue weighted by molar-refractivity contribution is 0.404. The zero-order chi connectivity index (χ0) is 13.7. The highest BCUT2D eigenvalue weighted by molar-refractivity contribution is 9.10. The minimum Gasteiger partial charge on any atom is -0.496 e. The number of ether oxygens (including phenoxy) is 1. The first-order valence-corrected chi connectivity index (χ1v) is 7.17. The lowest BCUT2D eigenvalue weighted by atomic mass is 9.98. The zero-order valence-corrected chi connectivity index (χ0v) is 12.8. The molecule has 0 aliphatic rings. The van der Waals surface area contributed by atoms with Crippen LogP contribution in [0.5, 0.6) is 5.75 Å². The molecule has 0 radical (unpaired) electrons. The average molecular weight is 320 g/mol. The number of benzene rings is 2. The smallest absolute Gasteiger partial charge is 0.125 e. The van der Waals surface area contributed by atoms with Gasteiger partial charge in [0.1, 0.15) is 5.75 Å². The van der Waals surface area contributed by atoms with E-state index in [-0.39, 0.29) is 6.04 Å². The largest absolute Gasteiger partial charge is 0.496 e. The van der Waals surface area contributed by atoms with Crippen LogP contribution in [0.3, 0.4) is 0 Å². The highest BCUT2D eigenvalue weighted by Crippen LogP contribution is 2.32. The molecule has 0 heterocycles. The molecule has 2 aromatic carbocycles. The second-order valence-electron chi connectivity index (χ2n) is 4.29. The molecule has 19 heavy (non-hydrogen) atoms. The molecule has 2 aromatic rings. The van der Waals surface area contributed by atoms with Crippen molar-refractivity contribution in [1.29, 1.82) is 0 Å². The first kappa shape index (κ1) is 14.1. The van der Waals surface area contributed by atoms with Gasteiger partial charge in [0.05, 0.1) is 13.2 Å². The third-order valence-electron chi connectivity index (χ3n) is 3.05. The summed E-state index contributed by atoms with van der Waals surface area (Å²) in [5, 5.41) is 3.51. The molecule has 1 N–H and O–H groups in total. The molecule has 0 saturated heterocycles. The fourth-order valence-corrected chi connectivity index (χ4v) is 2.52. The van der Waals surface area contributed by atoms with Crippen molar-refractivity contribution in [2.45, 2.75) is 13.0 Å². The predicted octanol–water partition coefficient (Wildman–Crippen LogP) is 4.16. The first-order chi connectivity index (χ1) is 9.26. The summed E-state index contributed by atoms with van der Waals surface area (Å²) in [6.45, 7) is 3.01. The van der Waals surface area contributed by atoms with Gasteiger partial charge in [0.15, 0.2) is 0 Å². The van der Waals surface area contributed by atoms with Crippen molar-refractivity contribution in [3.05, 3.63) is 64.1 Å². The molecular formula is C16H18BrNO. The van der Waals surface area contributed by atoms with Crippen LogP contribution in [0.15, 0.2) is 53.0 Å². The Morgan fingerprint density at radius 2 is 1.89 bits per heavy atom. The fraction of sp³-hybridized carbons (Fsp3) is 0.250. The minimum atomic E-state index is 0.147. The summed E-state index contributed by atoms with van der Waals surface area (Å²) in [5.41, 5.74) is 2.39. The van der Waals surface area contributed by atoms with Gasteiger partial charge >= 0.3 is 0 Å². The molecule has 0 saturated carbocycles. The van der Waals surface area contributed by atoms with Crippen molar-refractivity contribution in [3.8, 4) is 5.75 Å². The van der Waals surface area contributed by atoms with Crippen molar-refractivity contribution in [2.24, 2.45) is 0 Å². The van der Waals surface area contributed by atoms with Gasteiger partial charge in [0.25, 0.3) is 0 Å². The normalized spacial score (nSPS) is 12.2. The van der Waals surface area contributed by atoms with Crippen LogP contribution in [-0.4, -0.2) is 13.7 Å². The SMILES string of the molecule is CCNC(c1ccccc1)c1ccc(Br)cc1OC. The lowest BCUT2D eigenvalue weighted by Crippen LogP contribution is -2.22. The predicted molar refractivity (Wildman–Crippen MR) is 82.7 cm³/mol. The molecule has 2 rings (SSSR count). The summed E-state index contributed by atoms with van der Waals surface area (Å²) in [7, 11) is 1.71. The van der Waals surface area contributed by atoms with Crippen molar-refractivity contribution < 1.29 is 4.74 Å². The maximum atomic E-state index is 5.50. The van der Waals surface area contributed by atoms with Crippen LogP contribution >= 0.6 is 15.9 Å². The maximum Gasteiger partial charge on any atom is 0.125 e. The first-order valence-electron chi connectivity index (χ1n) is 6.38. The van der Waals surface area contributed by atoms with Crippen LogP contribution in [0.25, 0.3) is 0 Å². The Hall–Kier alpha value is -1.32. The third kappa shape index (κ3) is 3.37. The van der Waals surface area contributed by atoms with E-state index < -0.39 is 0 Å². The van der Waals surface area contributed by atoms with Gasteiger partial charge in [-0.25, -0.2) is 0 Å². The monoisotopic (exact) mass is 319 g/mol. The van der Waals surface area contributed by atoms with Crippen LogP contribution < -0.4 is 10.1 Å². The van der Waals surface area contributed by atoms with E-state index in [0.717, 1.165) is 22.3 Å². The van der Waals surface area contributed by atoms with E-state index in [1.807, 2.05) is 18.2 Å². The average Bonchev–Trinajstić information content (AvgIpc) is 2.46.